The topological polar surface area (TPSA) is 0 Å². The first-order valence-electron chi connectivity index (χ1n) is 21.8. The molecule has 0 nitrogen and oxygen atoms in total. The van der Waals surface area contributed by atoms with Crippen LogP contribution < -0.4 is 0 Å². The summed E-state index contributed by atoms with van der Waals surface area (Å²) < 4.78 is 0. The van der Waals surface area contributed by atoms with E-state index in [0.29, 0.717) is 0 Å². The van der Waals surface area contributed by atoms with E-state index in [9.17, 15) is 0 Å². The van der Waals surface area contributed by atoms with Crippen molar-refractivity contribution in [3.05, 3.63) is 206 Å². The molecule has 0 aliphatic heterocycles. The maximum absolute atomic E-state index is 2.54. The van der Waals surface area contributed by atoms with Crippen molar-refractivity contribution in [1.82, 2.24) is 0 Å². The van der Waals surface area contributed by atoms with E-state index in [4.69, 9.17) is 0 Å². The molecule has 0 unspecified atom stereocenters. The number of hydrogen-bond acceptors (Lipinski definition) is 0. The Morgan fingerprint density at radius 2 is 0.694 bits per heavy atom. The second-order valence-corrected chi connectivity index (χ2v) is 17.3. The van der Waals surface area contributed by atoms with Crippen LogP contribution in [-0.4, -0.2) is 0 Å². The van der Waals surface area contributed by atoms with Crippen LogP contribution in [0.2, 0.25) is 0 Å². The third-order valence-electron chi connectivity index (χ3n) is 14.4. The maximum atomic E-state index is 2.54. The summed E-state index contributed by atoms with van der Waals surface area (Å²) in [7, 11) is 0. The van der Waals surface area contributed by atoms with Gasteiger partial charge in [-0.1, -0.05) is 194 Å². The molecule has 1 aliphatic rings. The fraction of sp³-hybridized carbons (Fsp3) is 0. The first-order chi connectivity index (χ1) is 30.8. The maximum Gasteiger partial charge on any atom is -0.000697 e. The number of hydrogen-bond donors (Lipinski definition) is 0. The van der Waals surface area contributed by atoms with E-state index in [-0.39, 0.29) is 0 Å². The van der Waals surface area contributed by atoms with Crippen molar-refractivity contribution in [2.75, 3.05) is 0 Å². The summed E-state index contributed by atoms with van der Waals surface area (Å²) in [6, 6.07) is 78.0. The minimum atomic E-state index is 1.24. The highest BCUT2D eigenvalue weighted by Crippen LogP contribution is 2.57. The molecule has 0 heteroatoms. The zero-order valence-electron chi connectivity index (χ0n) is 33.6. The van der Waals surface area contributed by atoms with E-state index in [1.54, 1.807) is 0 Å². The predicted molar refractivity (Wildman–Crippen MR) is 267 cm³/mol. The normalized spacial score (nSPS) is 12.5. The van der Waals surface area contributed by atoms with Gasteiger partial charge >= 0.3 is 0 Å². The van der Waals surface area contributed by atoms with Crippen molar-refractivity contribution in [2.24, 2.45) is 0 Å². The van der Waals surface area contributed by atoms with Gasteiger partial charge in [-0.3, -0.25) is 0 Å². The summed E-state index contributed by atoms with van der Waals surface area (Å²) in [6.45, 7) is 0. The van der Waals surface area contributed by atoms with E-state index in [1.165, 1.54) is 153 Å². The quantitative estimate of drug-likeness (QED) is 0.157. The van der Waals surface area contributed by atoms with E-state index in [1.807, 2.05) is 0 Å². The molecule has 1 aliphatic carbocycles. The Bertz CT molecular complexity index is 4200. The fourth-order valence-electron chi connectivity index (χ4n) is 12.1. The summed E-state index contributed by atoms with van der Waals surface area (Å²) in [4.78, 5) is 0. The number of fused-ring (bicyclic) bond motifs is 13. The molecule has 0 radical (unpaired) electrons. The average molecular weight is 779 g/mol. The highest BCUT2D eigenvalue weighted by molar-refractivity contribution is 6.47. The van der Waals surface area contributed by atoms with Gasteiger partial charge in [0, 0.05) is 0 Å². The van der Waals surface area contributed by atoms with Crippen LogP contribution in [0.25, 0.3) is 153 Å². The minimum Gasteiger partial charge on any atom is -0.0622 e. The molecule has 0 fully saturated rings. The first kappa shape index (κ1) is 32.8. The third-order valence-corrected chi connectivity index (χ3v) is 14.4. The summed E-state index contributed by atoms with van der Waals surface area (Å²) >= 11 is 0. The summed E-state index contributed by atoms with van der Waals surface area (Å²) in [6.07, 6.45) is 0. The molecule has 0 saturated carbocycles. The molecular weight excluding hydrogens is 745 g/mol. The number of benzene rings is 12. The Labute approximate surface area is 357 Å². The molecule has 0 atom stereocenters. The Morgan fingerprint density at radius 1 is 0.177 bits per heavy atom. The molecule has 14 aromatic carbocycles. The van der Waals surface area contributed by atoms with Gasteiger partial charge in [-0.05, 0) is 165 Å². The SMILES string of the molecule is c1ccc(-c2c3cc4c5ccccc5c5cccc(c3c(-c3ccccc3)c3c6cc7ccccc7c7c(-c8ccc9c%10c(cccc8%10)-c8ccccc8-9)ccc(c23)c67)c54)cc1. The minimum absolute atomic E-state index is 1.24. The van der Waals surface area contributed by atoms with Gasteiger partial charge in [-0.15, -0.1) is 0 Å². The smallest absolute Gasteiger partial charge is 0.000697 e. The van der Waals surface area contributed by atoms with Gasteiger partial charge < -0.3 is 0 Å². The van der Waals surface area contributed by atoms with Gasteiger partial charge in [0.25, 0.3) is 0 Å². The monoisotopic (exact) mass is 778 g/mol. The molecule has 0 heterocycles. The largest absolute Gasteiger partial charge is 0.0622 e. The highest BCUT2D eigenvalue weighted by atomic mass is 14.3. The van der Waals surface area contributed by atoms with Gasteiger partial charge in [0.1, 0.15) is 0 Å². The van der Waals surface area contributed by atoms with E-state index < -0.39 is 0 Å². The van der Waals surface area contributed by atoms with Gasteiger partial charge in [-0.2, -0.15) is 0 Å². The second-order valence-electron chi connectivity index (χ2n) is 17.3. The zero-order chi connectivity index (χ0) is 40.2. The van der Waals surface area contributed by atoms with Crippen LogP contribution in [0, 0.1) is 0 Å². The summed E-state index contributed by atoms with van der Waals surface area (Å²) in [5, 5.41) is 23.7. The Hall–Kier alpha value is -8.06. The van der Waals surface area contributed by atoms with Crippen molar-refractivity contribution >= 4 is 97.0 Å². The Kier molecular flexibility index (Phi) is 6.24. The third kappa shape index (κ3) is 4.03. The lowest BCUT2D eigenvalue weighted by Crippen LogP contribution is -1.91. The average Bonchev–Trinajstić information content (AvgIpc) is 3.96. The molecule has 0 saturated heterocycles. The standard InChI is InChI=1S/C62H34/c1-3-15-35(16-4-1)54-53-34-51-42-24-12-11-23-41(42)45-27-14-28-49(57(45)51)59(53)55(36-17-5-2-6-18-36)62-52-33-37-19-7-8-20-38(37)58-48(31-32-50(60(52)58)61(54)62)43-29-30-47-40-22-10-9-21-39(40)44-25-13-26-46(43)56(44)47/h1-34H. The molecule has 62 heavy (non-hydrogen) atoms. The van der Waals surface area contributed by atoms with Crippen molar-refractivity contribution in [2.45, 2.75) is 0 Å². The Balaban J connectivity index is 1.20. The highest BCUT2D eigenvalue weighted by Gasteiger charge is 2.29. The molecule has 282 valence electrons. The van der Waals surface area contributed by atoms with Crippen molar-refractivity contribution in [3.8, 4) is 55.6 Å². The predicted octanol–water partition coefficient (Wildman–Crippen LogP) is 17.6. The molecular formula is C62H34. The van der Waals surface area contributed by atoms with Crippen LogP contribution in [0.1, 0.15) is 0 Å². The molecule has 0 spiro atoms. The lowest BCUT2D eigenvalue weighted by atomic mass is 9.84. The van der Waals surface area contributed by atoms with Crippen LogP contribution in [-0.2, 0) is 0 Å². The van der Waals surface area contributed by atoms with Gasteiger partial charge in [0.05, 0.1) is 0 Å². The number of rotatable bonds is 3. The first-order valence-corrected chi connectivity index (χ1v) is 21.8. The molecule has 0 N–H and O–H groups in total. The second kappa shape index (κ2) is 11.8. The van der Waals surface area contributed by atoms with Crippen molar-refractivity contribution in [3.63, 3.8) is 0 Å². The summed E-state index contributed by atoms with van der Waals surface area (Å²) in [5.74, 6) is 0. The van der Waals surface area contributed by atoms with E-state index >= 15 is 0 Å². The molecule has 0 aromatic heterocycles. The van der Waals surface area contributed by atoms with Gasteiger partial charge in [0.2, 0.25) is 0 Å². The van der Waals surface area contributed by atoms with E-state index in [0.717, 1.165) is 0 Å². The van der Waals surface area contributed by atoms with Gasteiger partial charge in [0.15, 0.2) is 0 Å². The molecule has 0 bridgehead atoms. The molecule has 15 rings (SSSR count). The lowest BCUT2D eigenvalue weighted by Gasteiger charge is -2.19. The Morgan fingerprint density at radius 3 is 1.48 bits per heavy atom. The van der Waals surface area contributed by atoms with Crippen molar-refractivity contribution in [1.29, 1.82) is 0 Å². The van der Waals surface area contributed by atoms with E-state index in [2.05, 4.69) is 206 Å². The van der Waals surface area contributed by atoms with Crippen LogP contribution in [0.3, 0.4) is 0 Å². The van der Waals surface area contributed by atoms with Gasteiger partial charge in [-0.25, -0.2) is 0 Å². The molecule has 0 amide bonds. The summed E-state index contributed by atoms with van der Waals surface area (Å²) in [5.41, 5.74) is 13.0. The fourth-order valence-corrected chi connectivity index (χ4v) is 12.1. The van der Waals surface area contributed by atoms with Crippen LogP contribution in [0.15, 0.2) is 206 Å². The van der Waals surface area contributed by atoms with Crippen LogP contribution >= 0.6 is 0 Å². The van der Waals surface area contributed by atoms with Crippen molar-refractivity contribution < 1.29 is 0 Å². The van der Waals surface area contributed by atoms with Crippen LogP contribution in [0.4, 0.5) is 0 Å². The lowest BCUT2D eigenvalue weighted by molar-refractivity contribution is 1.68. The van der Waals surface area contributed by atoms with Crippen LogP contribution in [0.5, 0.6) is 0 Å². The zero-order valence-corrected chi connectivity index (χ0v) is 33.6. The molecule has 14 aromatic rings.